The van der Waals surface area contributed by atoms with Crippen molar-refractivity contribution in [3.8, 4) is 5.75 Å². The van der Waals surface area contributed by atoms with Gasteiger partial charge in [-0.25, -0.2) is 4.39 Å². The van der Waals surface area contributed by atoms with Gasteiger partial charge in [0.2, 0.25) is 0 Å². The monoisotopic (exact) mass is 323 g/mol. The first-order valence-electron chi connectivity index (χ1n) is 8.51. The normalized spacial score (nSPS) is 14.1. The molecular weight excluding hydrogens is 301 g/mol. The lowest BCUT2D eigenvalue weighted by atomic mass is 9.96. The number of ether oxygens (including phenoxy) is 1. The number of hydrogen-bond donors (Lipinski definition) is 0. The zero-order chi connectivity index (χ0) is 16.8. The van der Waals surface area contributed by atoms with Gasteiger partial charge in [-0.2, -0.15) is 0 Å². The average molecular weight is 323 g/mol. The summed E-state index contributed by atoms with van der Waals surface area (Å²) in [6.07, 6.45) is 4.51. The zero-order valence-electron chi connectivity index (χ0n) is 14.0. The fourth-order valence-electron chi connectivity index (χ4n) is 2.77. The van der Waals surface area contributed by atoms with Crippen molar-refractivity contribution in [2.75, 3.05) is 13.2 Å². The molecule has 0 aliphatic carbocycles. The third-order valence-electron chi connectivity index (χ3n) is 4.07. The SMILES string of the molecule is CCCCOc1ccc2c(c1)CCN=C2/C(F)=C/c1ccccc1. The first-order valence-corrected chi connectivity index (χ1v) is 8.51. The number of fused-ring (bicyclic) bond motifs is 1. The van der Waals surface area contributed by atoms with Gasteiger partial charge in [0.05, 0.1) is 6.61 Å². The van der Waals surface area contributed by atoms with Crippen LogP contribution < -0.4 is 4.74 Å². The van der Waals surface area contributed by atoms with Crippen LogP contribution in [0, 0.1) is 0 Å². The van der Waals surface area contributed by atoms with E-state index in [2.05, 4.69) is 11.9 Å². The molecule has 0 unspecified atom stereocenters. The zero-order valence-corrected chi connectivity index (χ0v) is 14.0. The van der Waals surface area contributed by atoms with E-state index in [1.807, 2.05) is 48.5 Å². The number of nitrogens with zero attached hydrogens (tertiary/aromatic N) is 1. The van der Waals surface area contributed by atoms with Crippen LogP contribution in [0.15, 0.2) is 59.4 Å². The van der Waals surface area contributed by atoms with Crippen molar-refractivity contribution in [1.82, 2.24) is 0 Å². The maximum absolute atomic E-state index is 14.7. The second kappa shape index (κ2) is 7.91. The predicted octanol–water partition coefficient (Wildman–Crippen LogP) is 5.22. The molecule has 0 aromatic heterocycles. The Labute approximate surface area is 142 Å². The third-order valence-corrected chi connectivity index (χ3v) is 4.07. The molecular formula is C21H22FNO. The molecule has 0 radical (unpaired) electrons. The number of halogens is 1. The largest absolute Gasteiger partial charge is 0.494 e. The lowest BCUT2D eigenvalue weighted by Gasteiger charge is -2.17. The molecule has 124 valence electrons. The molecule has 1 aliphatic heterocycles. The summed E-state index contributed by atoms with van der Waals surface area (Å²) in [4.78, 5) is 4.40. The van der Waals surface area contributed by atoms with E-state index in [0.717, 1.165) is 48.3 Å². The van der Waals surface area contributed by atoms with E-state index in [4.69, 9.17) is 4.74 Å². The second-order valence-electron chi connectivity index (χ2n) is 5.90. The number of allylic oxidation sites excluding steroid dienone is 1. The highest BCUT2D eigenvalue weighted by atomic mass is 19.1. The Morgan fingerprint density at radius 3 is 2.83 bits per heavy atom. The fourth-order valence-corrected chi connectivity index (χ4v) is 2.77. The summed E-state index contributed by atoms with van der Waals surface area (Å²) in [5.74, 6) is 0.567. The molecule has 0 saturated heterocycles. The first-order chi connectivity index (χ1) is 11.8. The Morgan fingerprint density at radius 2 is 2.04 bits per heavy atom. The van der Waals surface area contributed by atoms with Gasteiger partial charge in [0, 0.05) is 12.1 Å². The molecule has 0 spiro atoms. The van der Waals surface area contributed by atoms with E-state index in [0.29, 0.717) is 12.3 Å². The third kappa shape index (κ3) is 3.91. The van der Waals surface area contributed by atoms with Crippen molar-refractivity contribution in [3.05, 3.63) is 71.0 Å². The van der Waals surface area contributed by atoms with Crippen LogP contribution in [0.25, 0.3) is 6.08 Å². The smallest absolute Gasteiger partial charge is 0.149 e. The highest BCUT2D eigenvalue weighted by Gasteiger charge is 2.18. The van der Waals surface area contributed by atoms with Gasteiger partial charge in [0.1, 0.15) is 17.3 Å². The number of hydrogen-bond acceptors (Lipinski definition) is 2. The molecule has 24 heavy (non-hydrogen) atoms. The molecule has 2 aromatic carbocycles. The molecule has 2 nitrogen and oxygen atoms in total. The summed E-state index contributed by atoms with van der Waals surface area (Å²) in [5.41, 5.74) is 3.25. The van der Waals surface area contributed by atoms with Gasteiger partial charge in [0.25, 0.3) is 0 Å². The molecule has 1 heterocycles. The van der Waals surface area contributed by atoms with Gasteiger partial charge in [0.15, 0.2) is 0 Å². The van der Waals surface area contributed by atoms with Crippen LogP contribution in [-0.4, -0.2) is 18.9 Å². The highest BCUT2D eigenvalue weighted by molar-refractivity contribution is 6.14. The Kier molecular flexibility index (Phi) is 5.42. The molecule has 3 rings (SSSR count). The lowest BCUT2D eigenvalue weighted by Crippen LogP contribution is -2.14. The summed E-state index contributed by atoms with van der Waals surface area (Å²) in [5, 5.41) is 0. The van der Waals surface area contributed by atoms with Gasteiger partial charge in [-0.15, -0.1) is 0 Å². The molecule has 1 aliphatic rings. The molecule has 0 atom stereocenters. The van der Waals surface area contributed by atoms with Crippen molar-refractivity contribution in [2.45, 2.75) is 26.2 Å². The summed E-state index contributed by atoms with van der Waals surface area (Å²) >= 11 is 0. The first kappa shape index (κ1) is 16.4. The molecule has 0 saturated carbocycles. The Hall–Kier alpha value is -2.42. The topological polar surface area (TPSA) is 21.6 Å². The summed E-state index contributed by atoms with van der Waals surface area (Å²) in [6, 6.07) is 15.3. The van der Waals surface area contributed by atoms with Crippen LogP contribution >= 0.6 is 0 Å². The minimum Gasteiger partial charge on any atom is -0.494 e. The van der Waals surface area contributed by atoms with Gasteiger partial charge in [-0.3, -0.25) is 4.99 Å². The molecule has 0 bridgehead atoms. The van der Waals surface area contributed by atoms with Crippen LogP contribution in [0.1, 0.15) is 36.5 Å². The van der Waals surface area contributed by atoms with Crippen molar-refractivity contribution >= 4 is 11.8 Å². The molecule has 0 N–H and O–H groups in total. The molecule has 3 heteroatoms. The van der Waals surface area contributed by atoms with Crippen LogP contribution in [0.4, 0.5) is 4.39 Å². The minimum atomic E-state index is -0.290. The standard InChI is InChI=1S/C21H22FNO/c1-2-3-13-24-18-9-10-19-17(15-18)11-12-23-21(19)20(22)14-16-7-5-4-6-8-16/h4-10,14-15H,2-3,11-13H2,1H3/b20-14-. The van der Waals surface area contributed by atoms with Gasteiger partial charge < -0.3 is 4.74 Å². The molecule has 0 fully saturated rings. The number of rotatable bonds is 6. The van der Waals surface area contributed by atoms with Crippen molar-refractivity contribution in [2.24, 2.45) is 4.99 Å². The highest BCUT2D eigenvalue weighted by Crippen LogP contribution is 2.26. The van der Waals surface area contributed by atoms with E-state index >= 15 is 0 Å². The van der Waals surface area contributed by atoms with Crippen molar-refractivity contribution < 1.29 is 9.13 Å². The van der Waals surface area contributed by atoms with Crippen LogP contribution in [0.3, 0.4) is 0 Å². The Morgan fingerprint density at radius 1 is 1.21 bits per heavy atom. The van der Waals surface area contributed by atoms with E-state index < -0.39 is 0 Å². The van der Waals surface area contributed by atoms with Crippen molar-refractivity contribution in [3.63, 3.8) is 0 Å². The van der Waals surface area contributed by atoms with Crippen molar-refractivity contribution in [1.29, 1.82) is 0 Å². The Balaban J connectivity index is 1.83. The second-order valence-corrected chi connectivity index (χ2v) is 5.90. The van der Waals surface area contributed by atoms with Gasteiger partial charge in [-0.1, -0.05) is 43.7 Å². The average Bonchev–Trinajstić information content (AvgIpc) is 2.62. The molecule has 2 aromatic rings. The fraction of sp³-hybridized carbons (Fsp3) is 0.286. The Bertz CT molecular complexity index is 750. The summed E-state index contributed by atoms with van der Waals surface area (Å²) in [6.45, 7) is 3.47. The van der Waals surface area contributed by atoms with E-state index in [1.54, 1.807) is 6.08 Å². The van der Waals surface area contributed by atoms with Crippen LogP contribution in [0.5, 0.6) is 5.75 Å². The summed E-state index contributed by atoms with van der Waals surface area (Å²) in [7, 11) is 0. The number of aliphatic imine (C=N–C) groups is 1. The number of unbranched alkanes of at least 4 members (excludes halogenated alkanes) is 1. The van der Waals surface area contributed by atoms with E-state index in [9.17, 15) is 4.39 Å². The number of benzene rings is 2. The predicted molar refractivity (Wildman–Crippen MR) is 97.5 cm³/mol. The van der Waals surface area contributed by atoms with Gasteiger partial charge in [-0.05, 0) is 48.2 Å². The van der Waals surface area contributed by atoms with E-state index in [-0.39, 0.29) is 5.83 Å². The lowest BCUT2D eigenvalue weighted by molar-refractivity contribution is 0.309. The van der Waals surface area contributed by atoms with Crippen LogP contribution in [-0.2, 0) is 6.42 Å². The van der Waals surface area contributed by atoms with E-state index in [1.165, 1.54) is 0 Å². The minimum absolute atomic E-state index is 0.290. The summed E-state index contributed by atoms with van der Waals surface area (Å²) < 4.78 is 20.5. The maximum atomic E-state index is 14.7. The van der Waals surface area contributed by atoms with Crippen LogP contribution in [0.2, 0.25) is 0 Å². The quantitative estimate of drug-likeness (QED) is 0.668. The molecule has 0 amide bonds. The van der Waals surface area contributed by atoms with Gasteiger partial charge >= 0.3 is 0 Å². The maximum Gasteiger partial charge on any atom is 0.149 e.